The van der Waals surface area contributed by atoms with Crippen molar-refractivity contribution in [2.75, 3.05) is 6.54 Å². The number of carbonyl (C=O) groups excluding carboxylic acids is 1. The van der Waals surface area contributed by atoms with Crippen molar-refractivity contribution in [2.24, 2.45) is 11.8 Å². The Morgan fingerprint density at radius 2 is 2.21 bits per heavy atom. The lowest BCUT2D eigenvalue weighted by Gasteiger charge is -2.18. The molecule has 3 rings (SSSR count). The number of fused-ring (bicyclic) bond motifs is 3. The van der Waals surface area contributed by atoms with Gasteiger partial charge in [-0.3, -0.25) is 14.2 Å². The highest BCUT2D eigenvalue weighted by molar-refractivity contribution is 8.00. The van der Waals surface area contributed by atoms with Crippen molar-refractivity contribution >= 4 is 39.2 Å². The smallest absolute Gasteiger partial charge is 0.263 e. The van der Waals surface area contributed by atoms with E-state index in [1.54, 1.807) is 22.0 Å². The summed E-state index contributed by atoms with van der Waals surface area (Å²) in [6.07, 6.45) is 4.77. The first kappa shape index (κ1) is 21.1. The first-order chi connectivity index (χ1) is 13.3. The maximum absolute atomic E-state index is 13.4. The van der Waals surface area contributed by atoms with Crippen molar-refractivity contribution in [1.82, 2.24) is 14.9 Å². The topological polar surface area (TPSA) is 64.0 Å². The van der Waals surface area contributed by atoms with E-state index >= 15 is 0 Å². The molecule has 0 saturated carbocycles. The molecule has 2 heterocycles. The Labute approximate surface area is 174 Å². The van der Waals surface area contributed by atoms with Gasteiger partial charge in [0.25, 0.3) is 5.56 Å². The number of hydrogen-bond acceptors (Lipinski definition) is 5. The van der Waals surface area contributed by atoms with E-state index in [1.165, 1.54) is 22.2 Å². The Kier molecular flexibility index (Phi) is 6.65. The molecule has 7 heteroatoms. The van der Waals surface area contributed by atoms with Crippen LogP contribution in [0.15, 0.2) is 22.6 Å². The third-order valence-electron chi connectivity index (χ3n) is 5.00. The molecule has 1 aliphatic rings. The van der Waals surface area contributed by atoms with Gasteiger partial charge in [-0.2, -0.15) is 0 Å². The van der Waals surface area contributed by atoms with Crippen LogP contribution in [0.4, 0.5) is 0 Å². The molecule has 1 amide bonds. The molecular weight excluding hydrogens is 390 g/mol. The molecule has 0 aromatic carbocycles. The number of thiophene rings is 1. The quantitative estimate of drug-likeness (QED) is 0.418. The molecule has 0 aliphatic heterocycles. The van der Waals surface area contributed by atoms with Crippen molar-refractivity contribution < 1.29 is 4.79 Å². The van der Waals surface area contributed by atoms with Gasteiger partial charge in [-0.05, 0) is 43.6 Å². The van der Waals surface area contributed by atoms with Gasteiger partial charge in [0.15, 0.2) is 5.16 Å². The first-order valence-corrected chi connectivity index (χ1v) is 11.6. The summed E-state index contributed by atoms with van der Waals surface area (Å²) < 4.78 is 1.78. The maximum atomic E-state index is 13.4. The van der Waals surface area contributed by atoms with Crippen LogP contribution in [0.25, 0.3) is 10.2 Å². The van der Waals surface area contributed by atoms with Crippen LogP contribution in [0.2, 0.25) is 0 Å². The normalized spacial score (nSPS) is 17.5. The molecule has 2 aromatic heterocycles. The molecule has 1 N–H and O–H groups in total. The van der Waals surface area contributed by atoms with Gasteiger partial charge in [0.05, 0.1) is 10.6 Å². The third-order valence-corrected chi connectivity index (χ3v) is 7.24. The lowest BCUT2D eigenvalue weighted by Crippen LogP contribution is -2.32. The molecule has 5 nitrogen and oxygen atoms in total. The average Bonchev–Trinajstić information content (AvgIpc) is 2.99. The molecule has 152 valence electrons. The van der Waals surface area contributed by atoms with Crippen LogP contribution in [0, 0.1) is 11.8 Å². The molecule has 0 spiro atoms. The maximum Gasteiger partial charge on any atom is 0.263 e. The van der Waals surface area contributed by atoms with Gasteiger partial charge in [0, 0.05) is 18.0 Å². The largest absolute Gasteiger partial charge is 0.352 e. The number of nitrogens with one attached hydrogen (secondary N) is 1. The Morgan fingerprint density at radius 1 is 1.46 bits per heavy atom. The van der Waals surface area contributed by atoms with Crippen molar-refractivity contribution in [1.29, 1.82) is 0 Å². The van der Waals surface area contributed by atoms with Gasteiger partial charge >= 0.3 is 0 Å². The van der Waals surface area contributed by atoms with Crippen LogP contribution in [-0.2, 0) is 24.2 Å². The van der Waals surface area contributed by atoms with Crippen LogP contribution in [0.1, 0.15) is 44.6 Å². The molecule has 0 radical (unpaired) electrons. The Hall–Kier alpha value is -1.60. The Morgan fingerprint density at radius 3 is 2.89 bits per heavy atom. The zero-order valence-corrected chi connectivity index (χ0v) is 18.7. The minimum Gasteiger partial charge on any atom is -0.352 e. The molecule has 0 unspecified atom stereocenters. The standard InChI is InChI=1S/C21H29N3O2S2/c1-6-9-22-18(25)14(5)27-21-23-19-17(20(26)24(21)11-12(2)3)15-8-7-13(4)10-16(15)28-19/h6,12-14H,1,7-11H2,2-5H3,(H,22,25)/t13-,14-/m0/s1. The molecule has 0 bridgehead atoms. The number of rotatable bonds is 7. The molecule has 0 saturated heterocycles. The SMILES string of the molecule is C=CCNC(=O)[C@H](C)Sc1nc2sc3c(c2c(=O)n1CC(C)C)CC[C@H](C)C3. The van der Waals surface area contributed by atoms with E-state index in [2.05, 4.69) is 32.7 Å². The van der Waals surface area contributed by atoms with Crippen molar-refractivity contribution in [2.45, 2.75) is 63.9 Å². The van der Waals surface area contributed by atoms with Gasteiger partial charge in [-0.1, -0.05) is 38.6 Å². The van der Waals surface area contributed by atoms with E-state index in [9.17, 15) is 9.59 Å². The fourth-order valence-corrected chi connectivity index (χ4v) is 5.92. The summed E-state index contributed by atoms with van der Waals surface area (Å²) in [6.45, 7) is 13.0. The van der Waals surface area contributed by atoms with Gasteiger partial charge < -0.3 is 5.32 Å². The van der Waals surface area contributed by atoms with Crippen LogP contribution in [-0.4, -0.2) is 27.3 Å². The van der Waals surface area contributed by atoms with Crippen molar-refractivity contribution in [3.05, 3.63) is 33.4 Å². The predicted octanol–water partition coefficient (Wildman–Crippen LogP) is 4.02. The number of nitrogens with zero attached hydrogens (tertiary/aromatic N) is 2. The Balaban J connectivity index is 2.04. The van der Waals surface area contributed by atoms with Gasteiger partial charge in [0.2, 0.25) is 5.91 Å². The highest BCUT2D eigenvalue weighted by Crippen LogP contribution is 2.37. The van der Waals surface area contributed by atoms with E-state index < -0.39 is 0 Å². The highest BCUT2D eigenvalue weighted by Gasteiger charge is 2.26. The molecule has 2 aromatic rings. The zero-order chi connectivity index (χ0) is 20.4. The summed E-state index contributed by atoms with van der Waals surface area (Å²) in [5.74, 6) is 0.895. The van der Waals surface area contributed by atoms with Gasteiger partial charge in [-0.15, -0.1) is 17.9 Å². The summed E-state index contributed by atoms with van der Waals surface area (Å²) in [4.78, 5) is 32.7. The second kappa shape index (κ2) is 8.82. The number of carbonyl (C=O) groups is 1. The fraction of sp³-hybridized carbons (Fsp3) is 0.571. The minimum absolute atomic E-state index is 0.0481. The summed E-state index contributed by atoms with van der Waals surface area (Å²) in [6, 6.07) is 0. The van der Waals surface area contributed by atoms with E-state index in [0.717, 1.165) is 29.5 Å². The molecule has 28 heavy (non-hydrogen) atoms. The molecule has 2 atom stereocenters. The number of aryl methyl sites for hydroxylation is 1. The second-order valence-electron chi connectivity index (χ2n) is 8.03. The average molecular weight is 420 g/mol. The number of aromatic nitrogens is 2. The zero-order valence-electron chi connectivity index (χ0n) is 17.1. The van der Waals surface area contributed by atoms with E-state index in [1.807, 2.05) is 6.92 Å². The third kappa shape index (κ3) is 4.35. The first-order valence-electron chi connectivity index (χ1n) is 9.92. The molecule has 0 fully saturated rings. The summed E-state index contributed by atoms with van der Waals surface area (Å²) >= 11 is 3.02. The highest BCUT2D eigenvalue weighted by atomic mass is 32.2. The number of hydrogen-bond donors (Lipinski definition) is 1. The second-order valence-corrected chi connectivity index (χ2v) is 10.4. The van der Waals surface area contributed by atoms with E-state index in [0.29, 0.717) is 30.1 Å². The lowest BCUT2D eigenvalue weighted by atomic mass is 9.89. The molecule has 1 aliphatic carbocycles. The van der Waals surface area contributed by atoms with Crippen molar-refractivity contribution in [3.63, 3.8) is 0 Å². The number of thioether (sulfide) groups is 1. The fourth-order valence-electron chi connectivity index (χ4n) is 3.55. The van der Waals surface area contributed by atoms with Crippen molar-refractivity contribution in [3.8, 4) is 0 Å². The van der Waals surface area contributed by atoms with E-state index in [-0.39, 0.29) is 16.7 Å². The van der Waals surface area contributed by atoms with E-state index in [4.69, 9.17) is 4.98 Å². The monoisotopic (exact) mass is 419 g/mol. The number of amides is 1. The summed E-state index contributed by atoms with van der Waals surface area (Å²) in [5, 5.41) is 3.93. The summed E-state index contributed by atoms with van der Waals surface area (Å²) in [5.41, 5.74) is 1.26. The lowest BCUT2D eigenvalue weighted by molar-refractivity contribution is -0.120. The van der Waals surface area contributed by atoms with Gasteiger partial charge in [-0.25, -0.2) is 4.98 Å². The Bertz CT molecular complexity index is 945. The van der Waals surface area contributed by atoms with Gasteiger partial charge in [0.1, 0.15) is 4.83 Å². The van der Waals surface area contributed by atoms with Crippen LogP contribution in [0.3, 0.4) is 0 Å². The van der Waals surface area contributed by atoms with Crippen LogP contribution in [0.5, 0.6) is 0 Å². The van der Waals surface area contributed by atoms with Crippen LogP contribution < -0.4 is 10.9 Å². The predicted molar refractivity (Wildman–Crippen MR) is 118 cm³/mol. The van der Waals surface area contributed by atoms with Crippen LogP contribution >= 0.6 is 23.1 Å². The molecular formula is C21H29N3O2S2. The minimum atomic E-state index is -0.336. The summed E-state index contributed by atoms with van der Waals surface area (Å²) in [7, 11) is 0.